The van der Waals surface area contributed by atoms with Crippen LogP contribution in [-0.2, 0) is 23.4 Å². The molecule has 0 saturated carbocycles. The highest BCUT2D eigenvalue weighted by Gasteiger charge is 2.51. The fourth-order valence-electron chi connectivity index (χ4n) is 8.65. The average Bonchev–Trinajstić information content (AvgIpc) is 3.58. The maximum atomic E-state index is 12.8. The number of carbonyl (C=O) groups excluding carboxylic acids is 1. The monoisotopic (exact) mass is 855 g/mol. The molecule has 1 aliphatic heterocycles. The molecule has 1 aliphatic rings. The van der Waals surface area contributed by atoms with Crippen molar-refractivity contribution in [3.05, 3.63) is 109 Å². The molecular formula is C55H86O5Si. The minimum Gasteiger partial charge on any atom is -0.455 e. The van der Waals surface area contributed by atoms with Gasteiger partial charge >= 0.3 is 5.97 Å². The molecule has 3 atom stereocenters. The number of hydrogen-bond donors (Lipinski definition) is 0. The first-order valence-corrected chi connectivity index (χ1v) is 26.4. The summed E-state index contributed by atoms with van der Waals surface area (Å²) in [7, 11) is -1.08. The first-order chi connectivity index (χ1) is 29.7. The van der Waals surface area contributed by atoms with Crippen LogP contribution in [0.4, 0.5) is 0 Å². The first kappa shape index (κ1) is 52.3. The maximum Gasteiger partial charge on any atom is 0.334 e. The molecule has 3 rings (SSSR count). The number of esters is 1. The Morgan fingerprint density at radius 3 is 1.67 bits per heavy atom. The van der Waals surface area contributed by atoms with Crippen molar-refractivity contribution < 1.29 is 23.4 Å². The van der Waals surface area contributed by atoms with Crippen molar-refractivity contribution in [2.75, 3.05) is 13.9 Å². The highest BCUT2D eigenvalue weighted by atomic mass is 28.4. The van der Waals surface area contributed by atoms with E-state index in [-0.39, 0.29) is 29.3 Å². The van der Waals surface area contributed by atoms with E-state index in [2.05, 4.69) is 125 Å². The van der Waals surface area contributed by atoms with Gasteiger partial charge in [-0.1, -0.05) is 202 Å². The number of hydrogen-bond acceptors (Lipinski definition) is 5. The van der Waals surface area contributed by atoms with Gasteiger partial charge in [0.15, 0.2) is 0 Å². The van der Waals surface area contributed by atoms with Crippen molar-refractivity contribution in [1.29, 1.82) is 0 Å². The highest BCUT2D eigenvalue weighted by Crippen LogP contribution is 2.39. The molecule has 5 nitrogen and oxygen atoms in total. The van der Waals surface area contributed by atoms with Crippen molar-refractivity contribution in [2.45, 2.75) is 206 Å². The SMILES string of the molecule is CCCCCCCCCCCC/C=C/CC/C=C/CC[C@@H](C/C=C/CCCCCC[C@H](CC1=C[C@H](C)OC1=O)O[Si](c1ccccc1)(c1ccccc1)C(C)(C)C)OCOC. The maximum absolute atomic E-state index is 12.8. The lowest BCUT2D eigenvalue weighted by Gasteiger charge is -2.45. The zero-order valence-electron chi connectivity index (χ0n) is 39.6. The van der Waals surface area contributed by atoms with Gasteiger partial charge in [0.1, 0.15) is 12.9 Å². The Morgan fingerprint density at radius 2 is 1.15 bits per heavy atom. The van der Waals surface area contributed by atoms with Gasteiger partial charge in [0, 0.05) is 19.1 Å². The molecule has 2 aromatic rings. The third-order valence-electron chi connectivity index (χ3n) is 12.0. The van der Waals surface area contributed by atoms with Crippen LogP contribution in [0.2, 0.25) is 5.04 Å². The zero-order valence-corrected chi connectivity index (χ0v) is 40.6. The number of rotatable bonds is 35. The second-order valence-corrected chi connectivity index (χ2v) is 22.6. The Hall–Kier alpha value is -3.03. The van der Waals surface area contributed by atoms with E-state index < -0.39 is 8.32 Å². The molecule has 0 radical (unpaired) electrons. The summed E-state index contributed by atoms with van der Waals surface area (Å²) in [4.78, 5) is 12.8. The third-order valence-corrected chi connectivity index (χ3v) is 17.1. The molecule has 0 N–H and O–H groups in total. The quantitative estimate of drug-likeness (QED) is 0.0227. The Balaban J connectivity index is 1.39. The van der Waals surface area contributed by atoms with Gasteiger partial charge in [0.05, 0.1) is 12.2 Å². The molecule has 1 heterocycles. The fourth-order valence-corrected chi connectivity index (χ4v) is 13.4. The van der Waals surface area contributed by atoms with Gasteiger partial charge in [-0.3, -0.25) is 0 Å². The summed E-state index contributed by atoms with van der Waals surface area (Å²) in [5, 5.41) is 2.40. The smallest absolute Gasteiger partial charge is 0.334 e. The lowest BCUT2D eigenvalue weighted by molar-refractivity contribution is -0.139. The highest BCUT2D eigenvalue weighted by molar-refractivity contribution is 6.99. The van der Waals surface area contributed by atoms with Crippen molar-refractivity contribution in [2.24, 2.45) is 0 Å². The Labute approximate surface area is 375 Å². The molecule has 0 saturated heterocycles. The van der Waals surface area contributed by atoms with Gasteiger partial charge in [0.2, 0.25) is 0 Å². The number of methoxy groups -OCH3 is 1. The van der Waals surface area contributed by atoms with E-state index in [1.54, 1.807) is 7.11 Å². The minimum atomic E-state index is -2.77. The van der Waals surface area contributed by atoms with E-state index in [1.807, 2.05) is 13.0 Å². The number of unbranched alkanes of at least 4 members (excludes halogenated alkanes) is 15. The summed E-state index contributed by atoms with van der Waals surface area (Å²) in [6.07, 6.45) is 43.4. The van der Waals surface area contributed by atoms with E-state index in [9.17, 15) is 4.79 Å². The Kier molecular flexibility index (Phi) is 27.2. The lowest BCUT2D eigenvalue weighted by atomic mass is 10.0. The minimum absolute atomic E-state index is 0.0879. The lowest BCUT2D eigenvalue weighted by Crippen LogP contribution is -2.67. The molecule has 0 aromatic heterocycles. The summed E-state index contributed by atoms with van der Waals surface area (Å²) < 4.78 is 24.4. The predicted octanol–water partition coefficient (Wildman–Crippen LogP) is 14.5. The zero-order chi connectivity index (χ0) is 43.9. The molecular weight excluding hydrogens is 769 g/mol. The number of benzene rings is 2. The molecule has 0 fully saturated rings. The van der Waals surface area contributed by atoms with Crippen molar-refractivity contribution in [1.82, 2.24) is 0 Å². The molecule has 0 unspecified atom stereocenters. The molecule has 0 bridgehead atoms. The number of carbonyl (C=O) groups is 1. The summed E-state index contributed by atoms with van der Waals surface area (Å²) in [5.74, 6) is -0.199. The number of allylic oxidation sites excluding steroid dienone is 5. The van der Waals surface area contributed by atoms with E-state index in [4.69, 9.17) is 18.6 Å². The fraction of sp³-hybridized carbons (Fsp3) is 0.618. The van der Waals surface area contributed by atoms with Crippen LogP contribution in [0.1, 0.15) is 182 Å². The second kappa shape index (κ2) is 31.8. The predicted molar refractivity (Wildman–Crippen MR) is 262 cm³/mol. The van der Waals surface area contributed by atoms with Crippen LogP contribution in [0.3, 0.4) is 0 Å². The van der Waals surface area contributed by atoms with E-state index in [0.717, 1.165) is 69.8 Å². The van der Waals surface area contributed by atoms with Gasteiger partial charge in [-0.2, -0.15) is 0 Å². The van der Waals surface area contributed by atoms with Crippen LogP contribution >= 0.6 is 0 Å². The van der Waals surface area contributed by atoms with E-state index in [1.165, 1.54) is 87.4 Å². The molecule has 0 amide bonds. The Morgan fingerprint density at radius 1 is 0.639 bits per heavy atom. The topological polar surface area (TPSA) is 54.0 Å². The van der Waals surface area contributed by atoms with Crippen LogP contribution < -0.4 is 10.4 Å². The molecule has 340 valence electrons. The van der Waals surface area contributed by atoms with Gasteiger partial charge in [0.25, 0.3) is 8.32 Å². The molecule has 0 spiro atoms. The summed E-state index contributed by atoms with van der Waals surface area (Å²) in [6.45, 7) is 11.5. The van der Waals surface area contributed by atoms with Crippen LogP contribution in [0.5, 0.6) is 0 Å². The molecule has 6 heteroatoms. The molecule has 61 heavy (non-hydrogen) atoms. The van der Waals surface area contributed by atoms with E-state index >= 15 is 0 Å². The Bertz CT molecular complexity index is 1480. The molecule has 0 aliphatic carbocycles. The second-order valence-electron chi connectivity index (χ2n) is 18.4. The standard InChI is InChI=1S/C55H86O5Si/c1-7-8-9-10-11-12-13-14-15-16-17-18-19-20-21-23-26-31-38-50(58-47-57-6)39-32-27-24-22-25-28-33-40-51(46-49-45-48(2)59-54(49)56)60-61(55(3,4)5,52-41-34-29-35-42-52)53-43-36-30-37-44-53/h18-19,23,26-27,29-30,32,34-37,41-45,48,50-51H,7-17,20-22,24-25,28,31,33,38-40,46-47H2,1-6H3/b19-18+,26-23+,32-27+/t48-,50-,51+/m0/s1. The van der Waals surface area contributed by atoms with Crippen LogP contribution in [0.15, 0.2) is 109 Å². The molecule has 2 aromatic carbocycles. The van der Waals surface area contributed by atoms with Gasteiger partial charge in [-0.25, -0.2) is 4.79 Å². The average molecular weight is 855 g/mol. The van der Waals surface area contributed by atoms with Gasteiger partial charge < -0.3 is 18.6 Å². The van der Waals surface area contributed by atoms with Crippen LogP contribution in [0, 0.1) is 0 Å². The van der Waals surface area contributed by atoms with E-state index in [0.29, 0.717) is 13.2 Å². The first-order valence-electron chi connectivity index (χ1n) is 24.5. The summed E-state index contributed by atoms with van der Waals surface area (Å²) >= 11 is 0. The number of cyclic esters (lactones) is 1. The summed E-state index contributed by atoms with van der Waals surface area (Å²) in [5.41, 5.74) is 0.752. The van der Waals surface area contributed by atoms with Crippen molar-refractivity contribution in [3.63, 3.8) is 0 Å². The normalized spacial score (nSPS) is 15.9. The van der Waals surface area contributed by atoms with Crippen LogP contribution in [-0.4, -0.2) is 46.5 Å². The van der Waals surface area contributed by atoms with Gasteiger partial charge in [-0.05, 0) is 92.6 Å². The number of ether oxygens (including phenoxy) is 3. The summed E-state index contributed by atoms with van der Waals surface area (Å²) in [6, 6.07) is 21.6. The van der Waals surface area contributed by atoms with Crippen molar-refractivity contribution in [3.8, 4) is 0 Å². The van der Waals surface area contributed by atoms with Crippen molar-refractivity contribution >= 4 is 24.7 Å². The van der Waals surface area contributed by atoms with Crippen LogP contribution in [0.25, 0.3) is 0 Å². The largest absolute Gasteiger partial charge is 0.455 e. The third kappa shape index (κ3) is 20.8. The van der Waals surface area contributed by atoms with Gasteiger partial charge in [-0.15, -0.1) is 0 Å².